The van der Waals surface area contributed by atoms with Crippen LogP contribution in [-0.2, 0) is 4.74 Å². The fourth-order valence-electron chi connectivity index (χ4n) is 4.07. The average Bonchev–Trinajstić information content (AvgIpc) is 3.58. The highest BCUT2D eigenvalue weighted by atomic mass is 16.5. The molecule has 4 N–H and O–H groups in total. The molecule has 2 unspecified atom stereocenters. The molecule has 2 aromatic heterocycles. The molecule has 162 valence electrons. The van der Waals surface area contributed by atoms with Gasteiger partial charge in [0.2, 0.25) is 0 Å². The molecular formula is C24H23N5O3. The van der Waals surface area contributed by atoms with Crippen LogP contribution in [0.15, 0.2) is 67.1 Å². The van der Waals surface area contributed by atoms with Crippen LogP contribution in [0, 0.1) is 0 Å². The Morgan fingerprint density at radius 2 is 2.00 bits per heavy atom. The molecular weight excluding hydrogens is 406 g/mol. The van der Waals surface area contributed by atoms with E-state index in [1.807, 2.05) is 30.3 Å². The highest BCUT2D eigenvalue weighted by Gasteiger charge is 2.53. The van der Waals surface area contributed by atoms with E-state index < -0.39 is 23.7 Å². The van der Waals surface area contributed by atoms with Crippen LogP contribution >= 0.6 is 0 Å². The van der Waals surface area contributed by atoms with E-state index in [1.165, 1.54) is 6.20 Å². The van der Waals surface area contributed by atoms with Gasteiger partial charge >= 0.3 is 0 Å². The van der Waals surface area contributed by atoms with Gasteiger partial charge < -0.3 is 20.9 Å². The van der Waals surface area contributed by atoms with Gasteiger partial charge in [-0.05, 0) is 24.5 Å². The van der Waals surface area contributed by atoms with Gasteiger partial charge in [-0.2, -0.15) is 0 Å². The number of hydrogen-bond donors (Lipinski definition) is 3. The van der Waals surface area contributed by atoms with Crippen molar-refractivity contribution in [2.24, 2.45) is 0 Å². The van der Waals surface area contributed by atoms with E-state index in [-0.39, 0.29) is 11.5 Å². The lowest BCUT2D eigenvalue weighted by Gasteiger charge is -2.36. The number of rotatable bonds is 4. The Morgan fingerprint density at radius 3 is 2.75 bits per heavy atom. The Morgan fingerprint density at radius 1 is 1.22 bits per heavy atom. The maximum absolute atomic E-state index is 13.1. The molecule has 3 aromatic rings. The van der Waals surface area contributed by atoms with Crippen molar-refractivity contribution in [2.45, 2.75) is 37.1 Å². The highest BCUT2D eigenvalue weighted by Crippen LogP contribution is 2.54. The largest absolute Gasteiger partial charge is 0.389 e. The van der Waals surface area contributed by atoms with E-state index in [9.17, 15) is 9.90 Å². The van der Waals surface area contributed by atoms with Gasteiger partial charge in [0.15, 0.2) is 11.5 Å². The first-order chi connectivity index (χ1) is 15.5. The molecule has 1 saturated carbocycles. The number of anilines is 2. The third kappa shape index (κ3) is 3.63. The number of amides is 1. The van der Waals surface area contributed by atoms with E-state index in [2.05, 4.69) is 26.8 Å². The molecule has 1 aliphatic carbocycles. The van der Waals surface area contributed by atoms with Crippen LogP contribution in [0.1, 0.15) is 41.4 Å². The average molecular weight is 429 g/mol. The maximum Gasteiger partial charge on any atom is 0.278 e. The van der Waals surface area contributed by atoms with Gasteiger partial charge in [0, 0.05) is 23.7 Å². The van der Waals surface area contributed by atoms with Crippen LogP contribution in [0.25, 0.3) is 11.3 Å². The summed E-state index contributed by atoms with van der Waals surface area (Å²) >= 11 is 0. The number of aliphatic hydroxyl groups is 1. The second-order valence-corrected chi connectivity index (χ2v) is 8.15. The number of nitrogens with two attached hydrogens (primary N) is 1. The van der Waals surface area contributed by atoms with Crippen LogP contribution in [0.4, 0.5) is 11.5 Å². The number of nitrogen functional groups attached to an aromatic ring is 1. The minimum atomic E-state index is -0.656. The molecule has 1 amide bonds. The Balaban J connectivity index is 1.42. The molecule has 2 fully saturated rings. The van der Waals surface area contributed by atoms with Crippen molar-refractivity contribution in [3.05, 3.63) is 78.4 Å². The first-order valence-electron chi connectivity index (χ1n) is 10.5. The van der Waals surface area contributed by atoms with Crippen molar-refractivity contribution in [2.75, 3.05) is 11.1 Å². The predicted octanol–water partition coefficient (Wildman–Crippen LogP) is 3.28. The number of carbonyl (C=O) groups is 1. The normalized spacial score (nSPS) is 21.3. The summed E-state index contributed by atoms with van der Waals surface area (Å²) in [7, 11) is 0. The summed E-state index contributed by atoms with van der Waals surface area (Å²) in [6.07, 6.45) is 5.71. The fourth-order valence-corrected chi connectivity index (χ4v) is 4.07. The van der Waals surface area contributed by atoms with Crippen LogP contribution in [0.3, 0.4) is 0 Å². The van der Waals surface area contributed by atoms with Crippen molar-refractivity contribution >= 4 is 17.4 Å². The number of aliphatic hydroxyl groups excluding tert-OH is 1. The van der Waals surface area contributed by atoms with Crippen molar-refractivity contribution in [3.8, 4) is 11.3 Å². The standard InChI is InChI=1S/C24H23N5O3/c1-14-19(30)11-20(32-24(14)8-9-24)16-7-10-26-12-18(16)29-23(31)21-22(25)27-13-17(28-21)15-5-3-2-4-6-15/h2-7,10,12-13,19-20,30H,1,8-9,11H2,(H2,25,27)(H,29,31). The number of ether oxygens (including phenoxy) is 1. The summed E-state index contributed by atoms with van der Waals surface area (Å²) in [5.74, 6) is -0.464. The van der Waals surface area contributed by atoms with Gasteiger partial charge in [0.25, 0.3) is 5.91 Å². The summed E-state index contributed by atoms with van der Waals surface area (Å²) in [6, 6.07) is 11.2. The molecule has 2 atom stereocenters. The quantitative estimate of drug-likeness (QED) is 0.544. The zero-order valence-electron chi connectivity index (χ0n) is 17.4. The fraction of sp³-hybridized carbons (Fsp3) is 0.250. The number of pyridine rings is 1. The van der Waals surface area contributed by atoms with Gasteiger partial charge in [0.05, 0.1) is 41.6 Å². The molecule has 0 bridgehead atoms. The molecule has 1 saturated heterocycles. The second kappa shape index (κ2) is 7.81. The molecule has 8 nitrogen and oxygen atoms in total. The molecule has 5 rings (SSSR count). The summed E-state index contributed by atoms with van der Waals surface area (Å²) in [5, 5.41) is 13.3. The van der Waals surface area contributed by atoms with Gasteiger partial charge in [-0.25, -0.2) is 9.97 Å². The van der Waals surface area contributed by atoms with Crippen LogP contribution in [0.5, 0.6) is 0 Å². The van der Waals surface area contributed by atoms with E-state index in [0.29, 0.717) is 17.8 Å². The predicted molar refractivity (Wildman–Crippen MR) is 120 cm³/mol. The number of aromatic nitrogens is 3. The lowest BCUT2D eigenvalue weighted by atomic mass is 9.91. The summed E-state index contributed by atoms with van der Waals surface area (Å²) in [6.45, 7) is 4.01. The van der Waals surface area contributed by atoms with Gasteiger partial charge in [0.1, 0.15) is 0 Å². The number of carbonyl (C=O) groups excluding carboxylic acids is 1. The van der Waals surface area contributed by atoms with Crippen LogP contribution < -0.4 is 11.1 Å². The molecule has 2 aliphatic rings. The molecule has 3 heterocycles. The maximum atomic E-state index is 13.1. The van der Waals surface area contributed by atoms with E-state index in [0.717, 1.165) is 29.5 Å². The van der Waals surface area contributed by atoms with Gasteiger partial charge in [-0.3, -0.25) is 9.78 Å². The molecule has 1 aromatic carbocycles. The summed E-state index contributed by atoms with van der Waals surface area (Å²) in [5.41, 5.74) is 8.84. The number of hydrogen-bond acceptors (Lipinski definition) is 7. The smallest absolute Gasteiger partial charge is 0.278 e. The lowest BCUT2D eigenvalue weighted by molar-refractivity contribution is -0.0722. The molecule has 0 radical (unpaired) electrons. The summed E-state index contributed by atoms with van der Waals surface area (Å²) < 4.78 is 6.29. The second-order valence-electron chi connectivity index (χ2n) is 8.15. The Labute approximate surface area is 185 Å². The number of nitrogens with one attached hydrogen (secondary N) is 1. The van der Waals surface area contributed by atoms with Crippen molar-refractivity contribution in [3.63, 3.8) is 0 Å². The SMILES string of the molecule is C=C1C(O)CC(c2ccncc2NC(=O)c2nc(-c3ccccc3)cnc2N)OC12CC2. The molecule has 8 heteroatoms. The minimum absolute atomic E-state index is 0.0257. The van der Waals surface area contributed by atoms with E-state index in [4.69, 9.17) is 10.5 Å². The highest BCUT2D eigenvalue weighted by molar-refractivity contribution is 6.06. The molecule has 1 aliphatic heterocycles. The zero-order valence-corrected chi connectivity index (χ0v) is 17.4. The van der Waals surface area contributed by atoms with Gasteiger partial charge in [-0.1, -0.05) is 36.9 Å². The summed E-state index contributed by atoms with van der Waals surface area (Å²) in [4.78, 5) is 25.8. The minimum Gasteiger partial charge on any atom is -0.389 e. The molecule has 32 heavy (non-hydrogen) atoms. The first kappa shape index (κ1) is 20.3. The monoisotopic (exact) mass is 429 g/mol. The topological polar surface area (TPSA) is 123 Å². The number of nitrogens with zero attached hydrogens (tertiary/aromatic N) is 3. The van der Waals surface area contributed by atoms with Crippen molar-refractivity contribution in [1.82, 2.24) is 15.0 Å². The Hall–Kier alpha value is -3.62. The van der Waals surface area contributed by atoms with Crippen LogP contribution in [0.2, 0.25) is 0 Å². The van der Waals surface area contributed by atoms with Gasteiger partial charge in [-0.15, -0.1) is 0 Å². The zero-order chi connectivity index (χ0) is 22.3. The third-order valence-electron chi connectivity index (χ3n) is 6.03. The third-order valence-corrected chi connectivity index (χ3v) is 6.03. The van der Waals surface area contributed by atoms with Crippen molar-refractivity contribution in [1.29, 1.82) is 0 Å². The lowest BCUT2D eigenvalue weighted by Crippen LogP contribution is -2.35. The van der Waals surface area contributed by atoms with Crippen LogP contribution in [-0.4, -0.2) is 37.7 Å². The van der Waals surface area contributed by atoms with E-state index >= 15 is 0 Å². The Bertz CT molecular complexity index is 1190. The van der Waals surface area contributed by atoms with Crippen molar-refractivity contribution < 1.29 is 14.6 Å². The Kier molecular flexibility index (Phi) is 4.96. The van der Waals surface area contributed by atoms with E-state index in [1.54, 1.807) is 18.5 Å². The molecule has 1 spiro atoms. The number of benzene rings is 1. The first-order valence-corrected chi connectivity index (χ1v) is 10.5.